The van der Waals surface area contributed by atoms with Crippen LogP contribution in [0.15, 0.2) is 35.5 Å². The van der Waals surface area contributed by atoms with Crippen LogP contribution in [0.3, 0.4) is 0 Å². The van der Waals surface area contributed by atoms with Gasteiger partial charge < -0.3 is 10.2 Å². The van der Waals surface area contributed by atoms with Crippen LogP contribution in [0.25, 0.3) is 0 Å². The van der Waals surface area contributed by atoms with Crippen molar-refractivity contribution in [2.24, 2.45) is 0 Å². The molecule has 0 unspecified atom stereocenters. The maximum Gasteiger partial charge on any atom is 0.263 e. The molecule has 1 saturated heterocycles. The summed E-state index contributed by atoms with van der Waals surface area (Å²) in [6.07, 6.45) is 1.32. The number of nitrogens with one attached hydrogen (secondary N) is 2. The molecular formula is C13H17N5O2S2. The number of nitrogens with zero attached hydrogens (tertiary/aromatic N) is 3. The topological polar surface area (TPSA) is 87.2 Å². The highest BCUT2D eigenvalue weighted by atomic mass is 32.2. The SMILES string of the molecule is C[C@@H]1CN(c2ccc(S(=O)(=O)Nc3ncns3)cc2)CCN1. The van der Waals surface area contributed by atoms with E-state index in [0.29, 0.717) is 6.04 Å². The van der Waals surface area contributed by atoms with Crippen LogP contribution in [0, 0.1) is 0 Å². The molecule has 2 aromatic rings. The van der Waals surface area contributed by atoms with Crippen molar-refractivity contribution in [2.75, 3.05) is 29.3 Å². The lowest BCUT2D eigenvalue weighted by molar-refractivity contribution is 0.485. The lowest BCUT2D eigenvalue weighted by Crippen LogP contribution is -2.49. The van der Waals surface area contributed by atoms with E-state index < -0.39 is 10.0 Å². The van der Waals surface area contributed by atoms with Gasteiger partial charge >= 0.3 is 0 Å². The number of anilines is 2. The Balaban J connectivity index is 1.76. The van der Waals surface area contributed by atoms with Gasteiger partial charge in [-0.15, -0.1) is 0 Å². The number of sulfonamides is 1. The van der Waals surface area contributed by atoms with E-state index in [1.165, 1.54) is 6.33 Å². The molecular weight excluding hydrogens is 322 g/mol. The van der Waals surface area contributed by atoms with E-state index in [1.54, 1.807) is 12.1 Å². The minimum absolute atomic E-state index is 0.217. The largest absolute Gasteiger partial charge is 0.369 e. The Labute approximate surface area is 133 Å². The Morgan fingerprint density at radius 3 is 2.77 bits per heavy atom. The zero-order chi connectivity index (χ0) is 15.6. The molecule has 1 aliphatic heterocycles. The van der Waals surface area contributed by atoms with Gasteiger partial charge in [0.1, 0.15) is 6.33 Å². The number of piperazine rings is 1. The van der Waals surface area contributed by atoms with Gasteiger partial charge in [-0.2, -0.15) is 4.37 Å². The zero-order valence-corrected chi connectivity index (χ0v) is 13.7. The van der Waals surface area contributed by atoms with Crippen LogP contribution in [0.4, 0.5) is 10.8 Å². The summed E-state index contributed by atoms with van der Waals surface area (Å²) in [5.74, 6) is 0. The van der Waals surface area contributed by atoms with Crippen molar-refractivity contribution in [1.29, 1.82) is 0 Å². The molecule has 1 fully saturated rings. The smallest absolute Gasteiger partial charge is 0.263 e. The van der Waals surface area contributed by atoms with E-state index >= 15 is 0 Å². The summed E-state index contributed by atoms with van der Waals surface area (Å²) in [7, 11) is -3.61. The summed E-state index contributed by atoms with van der Waals surface area (Å²) in [4.78, 5) is 6.29. The van der Waals surface area contributed by atoms with Crippen LogP contribution >= 0.6 is 11.5 Å². The molecule has 1 aromatic carbocycles. The minimum atomic E-state index is -3.61. The first-order valence-electron chi connectivity index (χ1n) is 6.92. The molecule has 9 heteroatoms. The lowest BCUT2D eigenvalue weighted by Gasteiger charge is -2.33. The molecule has 1 atom stereocenters. The average Bonchev–Trinajstić information content (AvgIpc) is 2.99. The van der Waals surface area contributed by atoms with Gasteiger partial charge in [0.05, 0.1) is 4.90 Å². The molecule has 7 nitrogen and oxygen atoms in total. The van der Waals surface area contributed by atoms with Gasteiger partial charge in [0.25, 0.3) is 10.0 Å². The second-order valence-electron chi connectivity index (χ2n) is 5.15. The van der Waals surface area contributed by atoms with Gasteiger partial charge in [-0.3, -0.25) is 4.72 Å². The lowest BCUT2D eigenvalue weighted by atomic mass is 10.2. The van der Waals surface area contributed by atoms with Crippen LogP contribution < -0.4 is 14.9 Å². The highest BCUT2D eigenvalue weighted by molar-refractivity contribution is 7.93. The molecule has 0 bridgehead atoms. The highest BCUT2D eigenvalue weighted by Crippen LogP contribution is 2.21. The molecule has 3 rings (SSSR count). The third-order valence-corrected chi connectivity index (χ3v) is 5.53. The molecule has 0 spiro atoms. The van der Waals surface area contributed by atoms with E-state index in [9.17, 15) is 8.42 Å². The first-order valence-corrected chi connectivity index (χ1v) is 9.18. The van der Waals surface area contributed by atoms with Crippen LogP contribution in [-0.2, 0) is 10.0 Å². The third-order valence-electron chi connectivity index (χ3n) is 3.46. The quantitative estimate of drug-likeness (QED) is 0.868. The molecule has 0 saturated carbocycles. The van der Waals surface area contributed by atoms with E-state index in [1.807, 2.05) is 12.1 Å². The second-order valence-corrected chi connectivity index (χ2v) is 7.61. The van der Waals surface area contributed by atoms with Crippen molar-refractivity contribution >= 4 is 32.4 Å². The number of hydrogen-bond donors (Lipinski definition) is 2. The minimum Gasteiger partial charge on any atom is -0.369 e. The molecule has 2 heterocycles. The monoisotopic (exact) mass is 339 g/mol. The van der Waals surface area contributed by atoms with Gasteiger partial charge in [0.2, 0.25) is 5.13 Å². The summed E-state index contributed by atoms with van der Waals surface area (Å²) >= 11 is 1.00. The van der Waals surface area contributed by atoms with Gasteiger partial charge in [0.15, 0.2) is 0 Å². The summed E-state index contributed by atoms with van der Waals surface area (Å²) in [6, 6.07) is 7.34. The van der Waals surface area contributed by atoms with Crippen molar-refractivity contribution in [3.05, 3.63) is 30.6 Å². The summed E-state index contributed by atoms with van der Waals surface area (Å²) < 4.78 is 30.7. The molecule has 118 valence electrons. The summed E-state index contributed by atoms with van der Waals surface area (Å²) in [6.45, 7) is 4.89. The molecule has 1 aromatic heterocycles. The van der Waals surface area contributed by atoms with Crippen LogP contribution in [-0.4, -0.2) is 43.5 Å². The van der Waals surface area contributed by atoms with E-state index in [0.717, 1.165) is 36.9 Å². The Morgan fingerprint density at radius 2 is 2.14 bits per heavy atom. The second kappa shape index (κ2) is 6.19. The Kier molecular flexibility index (Phi) is 4.27. The van der Waals surface area contributed by atoms with E-state index in [2.05, 4.69) is 31.2 Å². The summed E-state index contributed by atoms with van der Waals surface area (Å²) in [5.41, 5.74) is 1.03. The molecule has 0 aliphatic carbocycles. The highest BCUT2D eigenvalue weighted by Gasteiger charge is 2.18. The van der Waals surface area contributed by atoms with Crippen LogP contribution in [0.1, 0.15) is 6.92 Å². The van der Waals surface area contributed by atoms with Crippen molar-refractivity contribution in [3.8, 4) is 0 Å². The van der Waals surface area contributed by atoms with Gasteiger partial charge in [-0.1, -0.05) is 0 Å². The Hall–Kier alpha value is -1.71. The number of hydrogen-bond acceptors (Lipinski definition) is 7. The molecule has 0 radical (unpaired) electrons. The average molecular weight is 339 g/mol. The predicted molar refractivity (Wildman–Crippen MR) is 86.8 cm³/mol. The van der Waals surface area contributed by atoms with Crippen LogP contribution in [0.2, 0.25) is 0 Å². The fraction of sp³-hybridized carbons (Fsp3) is 0.385. The van der Waals surface area contributed by atoms with Crippen molar-refractivity contribution < 1.29 is 8.42 Å². The predicted octanol–water partition coefficient (Wildman–Crippen LogP) is 1.14. The molecule has 0 amide bonds. The third kappa shape index (κ3) is 3.37. The van der Waals surface area contributed by atoms with E-state index in [-0.39, 0.29) is 10.0 Å². The van der Waals surface area contributed by atoms with Gasteiger partial charge in [-0.25, -0.2) is 13.4 Å². The van der Waals surface area contributed by atoms with E-state index in [4.69, 9.17) is 0 Å². The van der Waals surface area contributed by atoms with Crippen molar-refractivity contribution in [3.63, 3.8) is 0 Å². The first kappa shape index (κ1) is 15.2. The Morgan fingerprint density at radius 1 is 1.36 bits per heavy atom. The maximum absolute atomic E-state index is 12.2. The van der Waals surface area contributed by atoms with Crippen molar-refractivity contribution in [1.82, 2.24) is 14.7 Å². The summed E-state index contributed by atoms with van der Waals surface area (Å²) in [5, 5.41) is 3.65. The first-order chi connectivity index (χ1) is 10.5. The van der Waals surface area contributed by atoms with Gasteiger partial charge in [-0.05, 0) is 31.2 Å². The van der Waals surface area contributed by atoms with Crippen molar-refractivity contribution in [2.45, 2.75) is 17.9 Å². The Bertz CT molecular complexity index is 715. The zero-order valence-electron chi connectivity index (χ0n) is 12.1. The number of aromatic nitrogens is 2. The standard InChI is InChI=1S/C13H17N5O2S2/c1-10-8-18(7-6-14-10)11-2-4-12(5-3-11)22(19,20)17-13-15-9-16-21-13/h2-5,9-10,14H,6-8H2,1H3,(H,15,16,17)/t10-/m1/s1. The van der Waals surface area contributed by atoms with Gasteiger partial charge in [0, 0.05) is 42.9 Å². The fourth-order valence-corrected chi connectivity index (χ4v) is 4.06. The maximum atomic E-state index is 12.2. The fourth-order valence-electron chi connectivity index (χ4n) is 2.39. The molecule has 2 N–H and O–H groups in total. The molecule has 22 heavy (non-hydrogen) atoms. The number of benzene rings is 1. The molecule has 1 aliphatic rings. The number of rotatable bonds is 4. The normalized spacial score (nSPS) is 19.1. The van der Waals surface area contributed by atoms with Crippen LogP contribution in [0.5, 0.6) is 0 Å².